The molecule has 0 aromatic heterocycles. The topological polar surface area (TPSA) is 0 Å². The molecule has 54 valence electrons. The van der Waals surface area contributed by atoms with Crippen LogP contribution in [0.5, 0.6) is 0 Å². The van der Waals surface area contributed by atoms with E-state index in [9.17, 15) is 8.78 Å². The van der Waals surface area contributed by atoms with Crippen LogP contribution in [0.2, 0.25) is 0 Å². The number of hydrogen-bond acceptors (Lipinski definition) is 0. The van der Waals surface area contributed by atoms with Gasteiger partial charge in [0.25, 0.3) is 0 Å². The van der Waals surface area contributed by atoms with Gasteiger partial charge in [-0.05, 0) is 18.1 Å². The minimum absolute atomic E-state index is 0.0236. The van der Waals surface area contributed by atoms with E-state index in [-0.39, 0.29) is 5.92 Å². The molecular formula is C8H8F2. The van der Waals surface area contributed by atoms with E-state index in [0.29, 0.717) is 0 Å². The van der Waals surface area contributed by atoms with Crippen LogP contribution >= 0.6 is 0 Å². The van der Waals surface area contributed by atoms with Crippen LogP contribution in [0.3, 0.4) is 0 Å². The Kier molecular flexibility index (Phi) is 2.00. The number of allylic oxidation sites excluding steroid dienone is 6. The van der Waals surface area contributed by atoms with Gasteiger partial charge >= 0.3 is 0 Å². The molecule has 0 saturated heterocycles. The summed E-state index contributed by atoms with van der Waals surface area (Å²) < 4.78 is 24.8. The molecule has 0 bridgehead atoms. The lowest BCUT2D eigenvalue weighted by atomic mass is 10.1. The fourth-order valence-corrected chi connectivity index (χ4v) is 0.778. The predicted molar refractivity (Wildman–Crippen MR) is 36.7 cm³/mol. The molecule has 1 atom stereocenters. The zero-order valence-corrected chi connectivity index (χ0v) is 5.64. The molecule has 0 spiro atoms. The Bertz CT molecular complexity index is 211. The maximum atomic E-state index is 12.4. The Morgan fingerprint density at radius 2 is 2.00 bits per heavy atom. The van der Waals surface area contributed by atoms with E-state index < -0.39 is 11.7 Å². The number of rotatable bonds is 0. The van der Waals surface area contributed by atoms with Crippen LogP contribution in [0.25, 0.3) is 0 Å². The van der Waals surface area contributed by atoms with E-state index in [4.69, 9.17) is 0 Å². The summed E-state index contributed by atoms with van der Waals surface area (Å²) in [4.78, 5) is 0. The second-order valence-electron chi connectivity index (χ2n) is 2.30. The van der Waals surface area contributed by atoms with Gasteiger partial charge in [-0.3, -0.25) is 0 Å². The highest BCUT2D eigenvalue weighted by Gasteiger charge is 2.01. The van der Waals surface area contributed by atoms with Crippen molar-refractivity contribution < 1.29 is 8.78 Å². The van der Waals surface area contributed by atoms with E-state index >= 15 is 0 Å². The zero-order valence-electron chi connectivity index (χ0n) is 5.64. The van der Waals surface area contributed by atoms with Crippen molar-refractivity contribution in [2.24, 2.45) is 5.92 Å². The second kappa shape index (κ2) is 2.78. The molecule has 0 aliphatic heterocycles. The van der Waals surface area contributed by atoms with Crippen molar-refractivity contribution in [3.63, 3.8) is 0 Å². The second-order valence-corrected chi connectivity index (χ2v) is 2.30. The van der Waals surface area contributed by atoms with Crippen molar-refractivity contribution >= 4 is 0 Å². The Labute approximate surface area is 58.6 Å². The lowest BCUT2D eigenvalue weighted by molar-refractivity contribution is 0.629. The van der Waals surface area contributed by atoms with Crippen LogP contribution in [0, 0.1) is 5.92 Å². The van der Waals surface area contributed by atoms with Gasteiger partial charge in [0.1, 0.15) is 11.7 Å². The molecule has 0 fully saturated rings. The SMILES string of the molecule is CC1C=CC(F)=CC(F)=C1. The normalized spacial score (nSPS) is 25.3. The lowest BCUT2D eigenvalue weighted by Crippen LogP contribution is -1.80. The van der Waals surface area contributed by atoms with Crippen molar-refractivity contribution in [3.05, 3.63) is 36.0 Å². The zero-order chi connectivity index (χ0) is 7.56. The summed E-state index contributed by atoms with van der Waals surface area (Å²) in [7, 11) is 0. The van der Waals surface area contributed by atoms with Gasteiger partial charge in [-0.2, -0.15) is 0 Å². The van der Waals surface area contributed by atoms with Gasteiger partial charge < -0.3 is 0 Å². The van der Waals surface area contributed by atoms with Crippen molar-refractivity contribution in [2.45, 2.75) is 6.92 Å². The largest absolute Gasteiger partial charge is 0.207 e. The molecule has 0 amide bonds. The van der Waals surface area contributed by atoms with E-state index in [2.05, 4.69) is 0 Å². The van der Waals surface area contributed by atoms with E-state index in [0.717, 1.165) is 6.08 Å². The van der Waals surface area contributed by atoms with Gasteiger partial charge in [0.2, 0.25) is 0 Å². The molecule has 0 nitrogen and oxygen atoms in total. The quantitative estimate of drug-likeness (QED) is 0.487. The molecule has 0 saturated carbocycles. The highest BCUT2D eigenvalue weighted by atomic mass is 19.1. The third-order valence-electron chi connectivity index (χ3n) is 1.26. The van der Waals surface area contributed by atoms with Gasteiger partial charge in [-0.15, -0.1) is 0 Å². The standard InChI is InChI=1S/C8H8F2/c1-6-2-3-7(9)5-8(10)4-6/h2-6H,1H3. The Morgan fingerprint density at radius 1 is 1.30 bits per heavy atom. The summed E-state index contributed by atoms with van der Waals surface area (Å²) in [5.74, 6) is -1.06. The molecule has 10 heavy (non-hydrogen) atoms. The van der Waals surface area contributed by atoms with Crippen LogP contribution < -0.4 is 0 Å². The van der Waals surface area contributed by atoms with Gasteiger partial charge in [0, 0.05) is 6.08 Å². The summed E-state index contributed by atoms with van der Waals surface area (Å²) in [6.45, 7) is 1.79. The molecule has 0 heterocycles. The first-order chi connectivity index (χ1) is 4.68. The molecule has 2 heteroatoms. The first-order valence-corrected chi connectivity index (χ1v) is 3.11. The molecule has 1 rings (SSSR count). The van der Waals surface area contributed by atoms with E-state index in [1.165, 1.54) is 12.2 Å². The van der Waals surface area contributed by atoms with Crippen LogP contribution in [-0.2, 0) is 0 Å². The van der Waals surface area contributed by atoms with Crippen LogP contribution in [0.4, 0.5) is 8.78 Å². The van der Waals surface area contributed by atoms with Crippen LogP contribution in [-0.4, -0.2) is 0 Å². The summed E-state index contributed by atoms with van der Waals surface area (Å²) >= 11 is 0. The van der Waals surface area contributed by atoms with Gasteiger partial charge in [-0.25, -0.2) is 8.78 Å². The molecule has 0 aromatic rings. The first-order valence-electron chi connectivity index (χ1n) is 3.11. The molecule has 1 aliphatic carbocycles. The summed E-state index contributed by atoms with van der Waals surface area (Å²) in [5, 5.41) is 0. The molecule has 0 radical (unpaired) electrons. The summed E-state index contributed by atoms with van der Waals surface area (Å²) in [6, 6.07) is 0. The number of hydrogen-bond donors (Lipinski definition) is 0. The van der Waals surface area contributed by atoms with Gasteiger partial charge in [0.05, 0.1) is 0 Å². The average Bonchev–Trinajstić information content (AvgIpc) is 1.93. The molecule has 0 aromatic carbocycles. The van der Waals surface area contributed by atoms with Crippen LogP contribution in [0.15, 0.2) is 36.0 Å². The smallest absolute Gasteiger partial charge is 0.125 e. The van der Waals surface area contributed by atoms with Gasteiger partial charge in [-0.1, -0.05) is 13.0 Å². The fourth-order valence-electron chi connectivity index (χ4n) is 0.778. The molecule has 1 unspecified atom stereocenters. The van der Waals surface area contributed by atoms with E-state index in [1.54, 1.807) is 13.0 Å². The number of halogens is 2. The molecule has 1 aliphatic rings. The summed E-state index contributed by atoms with van der Waals surface area (Å²) in [5.41, 5.74) is 0. The maximum absolute atomic E-state index is 12.4. The molecular weight excluding hydrogens is 134 g/mol. The van der Waals surface area contributed by atoms with Crippen molar-refractivity contribution in [3.8, 4) is 0 Å². The summed E-state index contributed by atoms with van der Waals surface area (Å²) in [6.07, 6.45) is 5.12. The maximum Gasteiger partial charge on any atom is 0.125 e. The Morgan fingerprint density at radius 3 is 2.70 bits per heavy atom. The highest BCUT2D eigenvalue weighted by Crippen LogP contribution is 2.16. The van der Waals surface area contributed by atoms with Crippen LogP contribution in [0.1, 0.15) is 6.92 Å². The average molecular weight is 142 g/mol. The monoisotopic (exact) mass is 142 g/mol. The minimum atomic E-state index is -0.530. The lowest BCUT2D eigenvalue weighted by Gasteiger charge is -1.92. The van der Waals surface area contributed by atoms with Crippen molar-refractivity contribution in [1.82, 2.24) is 0 Å². The Balaban J connectivity index is 2.88. The van der Waals surface area contributed by atoms with Crippen molar-refractivity contribution in [1.29, 1.82) is 0 Å². The molecule has 0 N–H and O–H groups in total. The van der Waals surface area contributed by atoms with Crippen molar-refractivity contribution in [2.75, 3.05) is 0 Å². The fraction of sp³-hybridized carbons (Fsp3) is 0.250. The predicted octanol–water partition coefficient (Wildman–Crippen LogP) is 2.90. The third kappa shape index (κ3) is 1.79. The Hall–Kier alpha value is -0.920. The first kappa shape index (κ1) is 7.19. The van der Waals surface area contributed by atoms with Gasteiger partial charge in [0.15, 0.2) is 0 Å². The minimum Gasteiger partial charge on any atom is -0.207 e. The highest BCUT2D eigenvalue weighted by molar-refractivity contribution is 5.27. The third-order valence-corrected chi connectivity index (χ3v) is 1.26. The van der Waals surface area contributed by atoms with E-state index in [1.807, 2.05) is 0 Å².